The summed E-state index contributed by atoms with van der Waals surface area (Å²) in [6.07, 6.45) is 1.42. The first-order valence-corrected chi connectivity index (χ1v) is 6.50. The number of rotatable bonds is 5. The van der Waals surface area contributed by atoms with Gasteiger partial charge < -0.3 is 14.9 Å². The van der Waals surface area contributed by atoms with Crippen LogP contribution < -0.4 is 5.32 Å². The first kappa shape index (κ1) is 14.3. The Bertz CT molecular complexity index is 613. The van der Waals surface area contributed by atoms with Gasteiger partial charge >= 0.3 is 0 Å². The maximum Gasteiger partial charge on any atom is 0.226 e. The van der Waals surface area contributed by atoms with E-state index in [4.69, 9.17) is 16.1 Å². The van der Waals surface area contributed by atoms with Gasteiger partial charge in [0, 0.05) is 23.9 Å². The molecule has 1 aromatic carbocycles. The fourth-order valence-electron chi connectivity index (χ4n) is 1.66. The van der Waals surface area contributed by atoms with Gasteiger partial charge in [-0.3, -0.25) is 4.79 Å². The number of nitrogens with one attached hydrogen (secondary N) is 1. The molecule has 0 aliphatic carbocycles. The Labute approximate surface area is 120 Å². The molecule has 0 radical (unpaired) electrons. The van der Waals surface area contributed by atoms with E-state index in [1.165, 1.54) is 6.07 Å². The quantitative estimate of drug-likeness (QED) is 0.828. The van der Waals surface area contributed by atoms with Crippen LogP contribution in [-0.2, 0) is 11.2 Å². The highest BCUT2D eigenvalue weighted by molar-refractivity contribution is 6.30. The molecule has 0 saturated carbocycles. The third-order valence-corrected chi connectivity index (χ3v) is 2.83. The SMILES string of the molecule is Cc1noc(CCCC(=O)Nc2ccc(Cl)cc2O)n1. The molecule has 106 valence electrons. The van der Waals surface area contributed by atoms with Crippen LogP contribution in [-0.4, -0.2) is 21.2 Å². The number of amides is 1. The van der Waals surface area contributed by atoms with Gasteiger partial charge in [0.25, 0.3) is 0 Å². The van der Waals surface area contributed by atoms with Crippen molar-refractivity contribution in [3.63, 3.8) is 0 Å². The van der Waals surface area contributed by atoms with Gasteiger partial charge in [-0.1, -0.05) is 16.8 Å². The molecule has 7 heteroatoms. The average molecular weight is 296 g/mol. The number of hydrogen-bond donors (Lipinski definition) is 2. The Balaban J connectivity index is 1.80. The number of phenols is 1. The van der Waals surface area contributed by atoms with Gasteiger partial charge in [0.1, 0.15) is 5.75 Å². The fraction of sp³-hybridized carbons (Fsp3) is 0.308. The summed E-state index contributed by atoms with van der Waals surface area (Å²) in [5, 5.41) is 16.3. The molecule has 0 spiro atoms. The van der Waals surface area contributed by atoms with Crippen molar-refractivity contribution in [2.75, 3.05) is 5.32 Å². The number of hydrogen-bond acceptors (Lipinski definition) is 5. The standard InChI is InChI=1S/C13H14ClN3O3/c1-8-15-13(20-17-8)4-2-3-12(19)16-10-6-5-9(14)7-11(10)18/h5-7,18H,2-4H2,1H3,(H,16,19). The van der Waals surface area contributed by atoms with Crippen molar-refractivity contribution in [3.05, 3.63) is 34.9 Å². The molecule has 0 aliphatic rings. The number of aromatic hydroxyl groups is 1. The summed E-state index contributed by atoms with van der Waals surface area (Å²) in [4.78, 5) is 15.8. The molecule has 2 rings (SSSR count). The lowest BCUT2D eigenvalue weighted by Gasteiger charge is -2.07. The van der Waals surface area contributed by atoms with E-state index in [0.717, 1.165) is 0 Å². The molecule has 2 N–H and O–H groups in total. The van der Waals surface area contributed by atoms with Crippen LogP contribution in [0.15, 0.2) is 22.7 Å². The van der Waals surface area contributed by atoms with Crippen LogP contribution in [0.25, 0.3) is 0 Å². The van der Waals surface area contributed by atoms with Gasteiger partial charge in [-0.2, -0.15) is 4.98 Å². The summed E-state index contributed by atoms with van der Waals surface area (Å²) in [5.74, 6) is 0.845. The second-order valence-corrected chi connectivity index (χ2v) is 4.73. The molecule has 0 bridgehead atoms. The number of aryl methyl sites for hydroxylation is 2. The molecule has 20 heavy (non-hydrogen) atoms. The van der Waals surface area contributed by atoms with E-state index in [2.05, 4.69) is 15.5 Å². The summed E-state index contributed by atoms with van der Waals surface area (Å²) < 4.78 is 4.95. The third-order valence-electron chi connectivity index (χ3n) is 2.60. The zero-order chi connectivity index (χ0) is 14.5. The van der Waals surface area contributed by atoms with Crippen molar-refractivity contribution >= 4 is 23.2 Å². The van der Waals surface area contributed by atoms with E-state index in [1.54, 1.807) is 19.1 Å². The van der Waals surface area contributed by atoms with E-state index in [-0.39, 0.29) is 11.7 Å². The third kappa shape index (κ3) is 3.96. The van der Waals surface area contributed by atoms with Crippen LogP contribution in [0.1, 0.15) is 24.6 Å². The molecule has 0 atom stereocenters. The van der Waals surface area contributed by atoms with Crippen molar-refractivity contribution < 1.29 is 14.4 Å². The lowest BCUT2D eigenvalue weighted by molar-refractivity contribution is -0.116. The maximum atomic E-state index is 11.7. The number of anilines is 1. The Hall–Kier alpha value is -2.08. The van der Waals surface area contributed by atoms with Crippen LogP contribution >= 0.6 is 11.6 Å². The minimum atomic E-state index is -0.196. The summed E-state index contributed by atoms with van der Waals surface area (Å²) in [6, 6.07) is 4.52. The molecule has 1 heterocycles. The molecule has 1 amide bonds. The molecular formula is C13H14ClN3O3. The van der Waals surface area contributed by atoms with Gasteiger partial charge in [0.2, 0.25) is 11.8 Å². The van der Waals surface area contributed by atoms with Gasteiger partial charge in [-0.25, -0.2) is 0 Å². The molecular weight excluding hydrogens is 282 g/mol. The van der Waals surface area contributed by atoms with Crippen LogP contribution in [0, 0.1) is 6.92 Å². The van der Waals surface area contributed by atoms with Crippen LogP contribution in [0.4, 0.5) is 5.69 Å². The average Bonchev–Trinajstić information content (AvgIpc) is 2.79. The van der Waals surface area contributed by atoms with E-state index >= 15 is 0 Å². The van der Waals surface area contributed by atoms with Gasteiger partial charge in [0.05, 0.1) is 5.69 Å². The fourth-order valence-corrected chi connectivity index (χ4v) is 1.83. The highest BCUT2D eigenvalue weighted by Crippen LogP contribution is 2.26. The van der Waals surface area contributed by atoms with Crippen molar-refractivity contribution in [3.8, 4) is 5.75 Å². The van der Waals surface area contributed by atoms with Crippen LogP contribution in [0.2, 0.25) is 5.02 Å². The first-order chi connectivity index (χ1) is 9.54. The van der Waals surface area contributed by atoms with E-state index in [1.807, 2.05) is 0 Å². The maximum absolute atomic E-state index is 11.7. The minimum Gasteiger partial charge on any atom is -0.506 e. The molecule has 1 aromatic heterocycles. The number of halogens is 1. The molecule has 6 nitrogen and oxygen atoms in total. The van der Waals surface area contributed by atoms with E-state index in [9.17, 15) is 9.90 Å². The Morgan fingerprint density at radius 2 is 2.30 bits per heavy atom. The largest absolute Gasteiger partial charge is 0.506 e. The Morgan fingerprint density at radius 3 is 2.95 bits per heavy atom. The molecule has 0 unspecified atom stereocenters. The number of carbonyl (C=O) groups excluding carboxylic acids is 1. The van der Waals surface area contributed by atoms with Crippen molar-refractivity contribution in [1.82, 2.24) is 10.1 Å². The molecule has 0 saturated heterocycles. The summed E-state index contributed by atoms with van der Waals surface area (Å²) in [5.41, 5.74) is 0.341. The number of aromatic nitrogens is 2. The normalized spacial score (nSPS) is 10.5. The van der Waals surface area contributed by atoms with Crippen molar-refractivity contribution in [2.24, 2.45) is 0 Å². The summed E-state index contributed by atoms with van der Waals surface area (Å²) in [7, 11) is 0. The predicted molar refractivity (Wildman–Crippen MR) is 73.7 cm³/mol. The second kappa shape index (κ2) is 6.38. The minimum absolute atomic E-state index is 0.0571. The summed E-state index contributed by atoms with van der Waals surface area (Å²) >= 11 is 5.71. The van der Waals surface area contributed by atoms with Gasteiger partial charge in [-0.15, -0.1) is 0 Å². The van der Waals surface area contributed by atoms with Crippen molar-refractivity contribution in [2.45, 2.75) is 26.2 Å². The highest BCUT2D eigenvalue weighted by atomic mass is 35.5. The molecule has 0 aliphatic heterocycles. The zero-order valence-electron chi connectivity index (χ0n) is 10.9. The number of nitrogens with zero attached hydrogens (tertiary/aromatic N) is 2. The Kier molecular flexibility index (Phi) is 4.57. The van der Waals surface area contributed by atoms with Crippen molar-refractivity contribution in [1.29, 1.82) is 0 Å². The van der Waals surface area contributed by atoms with Crippen LogP contribution in [0.3, 0.4) is 0 Å². The lowest BCUT2D eigenvalue weighted by Crippen LogP contribution is -2.11. The number of carbonyl (C=O) groups is 1. The number of phenolic OH excluding ortho intramolecular Hbond substituents is 1. The monoisotopic (exact) mass is 295 g/mol. The highest BCUT2D eigenvalue weighted by Gasteiger charge is 2.08. The predicted octanol–water partition coefficient (Wildman–Crippen LogP) is 2.70. The lowest BCUT2D eigenvalue weighted by atomic mass is 10.2. The smallest absolute Gasteiger partial charge is 0.226 e. The van der Waals surface area contributed by atoms with Crippen LogP contribution in [0.5, 0.6) is 5.75 Å². The Morgan fingerprint density at radius 1 is 1.50 bits per heavy atom. The summed E-state index contributed by atoms with van der Waals surface area (Å²) in [6.45, 7) is 1.74. The zero-order valence-corrected chi connectivity index (χ0v) is 11.6. The van der Waals surface area contributed by atoms with E-state index < -0.39 is 0 Å². The number of benzene rings is 1. The van der Waals surface area contributed by atoms with Gasteiger partial charge in [-0.05, 0) is 25.5 Å². The second-order valence-electron chi connectivity index (χ2n) is 4.30. The molecule has 0 fully saturated rings. The van der Waals surface area contributed by atoms with E-state index in [0.29, 0.717) is 41.7 Å². The molecule has 2 aromatic rings. The first-order valence-electron chi connectivity index (χ1n) is 6.12. The van der Waals surface area contributed by atoms with Gasteiger partial charge in [0.15, 0.2) is 5.82 Å². The topological polar surface area (TPSA) is 88.2 Å².